The molecule has 0 radical (unpaired) electrons. The van der Waals surface area contributed by atoms with E-state index in [0.29, 0.717) is 6.42 Å². The topological polar surface area (TPSA) is 29.1 Å². The number of amides is 1. The predicted molar refractivity (Wildman–Crippen MR) is 56.2 cm³/mol. The standard InChI is InChI=1S/C12H15NO/c1-9-4-3-5-10(6-9)12(2)7-11(14)13-8-12/h3-6H,7-8H2,1-2H3,(H,13,14). The summed E-state index contributed by atoms with van der Waals surface area (Å²) in [6.45, 7) is 4.98. The molecular formula is C12H15NO. The molecule has 1 aromatic carbocycles. The van der Waals surface area contributed by atoms with Crippen molar-refractivity contribution in [2.75, 3.05) is 6.54 Å². The summed E-state index contributed by atoms with van der Waals surface area (Å²) in [7, 11) is 0. The summed E-state index contributed by atoms with van der Waals surface area (Å²) < 4.78 is 0. The van der Waals surface area contributed by atoms with Crippen LogP contribution in [0.5, 0.6) is 0 Å². The number of carbonyl (C=O) groups is 1. The Kier molecular flexibility index (Phi) is 2.06. The summed E-state index contributed by atoms with van der Waals surface area (Å²) in [5.41, 5.74) is 2.50. The number of hydrogen-bond donors (Lipinski definition) is 1. The van der Waals surface area contributed by atoms with Crippen molar-refractivity contribution in [3.63, 3.8) is 0 Å². The highest BCUT2D eigenvalue weighted by atomic mass is 16.1. The molecule has 1 unspecified atom stereocenters. The number of benzene rings is 1. The fourth-order valence-electron chi connectivity index (χ4n) is 2.00. The first-order valence-corrected chi connectivity index (χ1v) is 4.94. The second-order valence-corrected chi connectivity index (χ2v) is 4.38. The van der Waals surface area contributed by atoms with Crippen LogP contribution >= 0.6 is 0 Å². The second kappa shape index (κ2) is 3.12. The summed E-state index contributed by atoms with van der Waals surface area (Å²) in [5.74, 6) is 0.161. The van der Waals surface area contributed by atoms with Crippen LogP contribution in [0.4, 0.5) is 0 Å². The van der Waals surface area contributed by atoms with Crippen LogP contribution in [-0.2, 0) is 10.2 Å². The molecule has 0 bridgehead atoms. The van der Waals surface area contributed by atoms with Crippen LogP contribution < -0.4 is 5.32 Å². The summed E-state index contributed by atoms with van der Waals surface area (Å²) in [4.78, 5) is 11.2. The monoisotopic (exact) mass is 189 g/mol. The van der Waals surface area contributed by atoms with E-state index in [-0.39, 0.29) is 11.3 Å². The largest absolute Gasteiger partial charge is 0.355 e. The van der Waals surface area contributed by atoms with E-state index in [2.05, 4.69) is 43.4 Å². The number of carbonyl (C=O) groups excluding carboxylic acids is 1. The van der Waals surface area contributed by atoms with Crippen molar-refractivity contribution in [3.8, 4) is 0 Å². The third-order valence-corrected chi connectivity index (χ3v) is 2.94. The SMILES string of the molecule is Cc1cccc(C2(C)CNC(=O)C2)c1. The summed E-state index contributed by atoms with van der Waals surface area (Å²) in [6.07, 6.45) is 0.608. The van der Waals surface area contributed by atoms with Gasteiger partial charge in [-0.1, -0.05) is 36.8 Å². The minimum Gasteiger partial charge on any atom is -0.355 e. The van der Waals surface area contributed by atoms with Crippen molar-refractivity contribution in [1.82, 2.24) is 5.32 Å². The van der Waals surface area contributed by atoms with Crippen molar-refractivity contribution in [2.45, 2.75) is 25.7 Å². The Morgan fingerprint density at radius 2 is 2.21 bits per heavy atom. The van der Waals surface area contributed by atoms with E-state index in [1.54, 1.807) is 0 Å². The van der Waals surface area contributed by atoms with E-state index >= 15 is 0 Å². The van der Waals surface area contributed by atoms with Crippen molar-refractivity contribution < 1.29 is 4.79 Å². The second-order valence-electron chi connectivity index (χ2n) is 4.38. The summed E-state index contributed by atoms with van der Waals surface area (Å²) in [5, 5.41) is 2.89. The Labute approximate surface area is 84.3 Å². The smallest absolute Gasteiger partial charge is 0.220 e. The molecule has 0 saturated carbocycles. The lowest BCUT2D eigenvalue weighted by Crippen LogP contribution is -2.24. The quantitative estimate of drug-likeness (QED) is 0.716. The molecule has 2 rings (SSSR count). The summed E-state index contributed by atoms with van der Waals surface area (Å²) >= 11 is 0. The van der Waals surface area contributed by atoms with Crippen molar-refractivity contribution >= 4 is 5.91 Å². The van der Waals surface area contributed by atoms with E-state index in [4.69, 9.17) is 0 Å². The highest BCUT2D eigenvalue weighted by Crippen LogP contribution is 2.30. The average molecular weight is 189 g/mol. The molecule has 1 heterocycles. The lowest BCUT2D eigenvalue weighted by atomic mass is 9.81. The molecule has 1 N–H and O–H groups in total. The lowest BCUT2D eigenvalue weighted by Gasteiger charge is -2.22. The van der Waals surface area contributed by atoms with E-state index in [9.17, 15) is 4.79 Å². The molecule has 0 aromatic heterocycles. The van der Waals surface area contributed by atoms with Crippen LogP contribution in [-0.4, -0.2) is 12.5 Å². The Bertz CT molecular complexity index is 372. The minimum absolute atomic E-state index is 0.0108. The fraction of sp³-hybridized carbons (Fsp3) is 0.417. The normalized spacial score (nSPS) is 26.3. The molecule has 1 saturated heterocycles. The zero-order valence-corrected chi connectivity index (χ0v) is 8.63. The lowest BCUT2D eigenvalue weighted by molar-refractivity contribution is -0.119. The highest BCUT2D eigenvalue weighted by molar-refractivity contribution is 5.80. The number of rotatable bonds is 1. The summed E-state index contributed by atoms with van der Waals surface area (Å²) in [6, 6.07) is 8.41. The molecule has 1 aliphatic rings. The molecule has 1 aliphatic heterocycles. The Morgan fingerprint density at radius 1 is 1.43 bits per heavy atom. The Morgan fingerprint density at radius 3 is 2.79 bits per heavy atom. The molecule has 1 amide bonds. The van der Waals surface area contributed by atoms with Crippen LogP contribution in [0.25, 0.3) is 0 Å². The molecule has 1 aromatic rings. The van der Waals surface area contributed by atoms with Crippen LogP contribution in [0.15, 0.2) is 24.3 Å². The first-order valence-electron chi connectivity index (χ1n) is 4.94. The van der Waals surface area contributed by atoms with Gasteiger partial charge in [0.1, 0.15) is 0 Å². The maximum Gasteiger partial charge on any atom is 0.220 e. The van der Waals surface area contributed by atoms with Crippen molar-refractivity contribution in [3.05, 3.63) is 35.4 Å². The Balaban J connectivity index is 2.34. The van der Waals surface area contributed by atoms with Gasteiger partial charge in [0, 0.05) is 18.4 Å². The molecule has 14 heavy (non-hydrogen) atoms. The molecule has 1 fully saturated rings. The molecule has 0 aliphatic carbocycles. The first kappa shape index (κ1) is 9.25. The fourth-order valence-corrected chi connectivity index (χ4v) is 2.00. The zero-order chi connectivity index (χ0) is 10.2. The average Bonchev–Trinajstić information content (AvgIpc) is 2.48. The number of nitrogens with one attached hydrogen (secondary N) is 1. The molecule has 2 nitrogen and oxygen atoms in total. The molecular weight excluding hydrogens is 174 g/mol. The molecule has 74 valence electrons. The number of hydrogen-bond acceptors (Lipinski definition) is 1. The zero-order valence-electron chi connectivity index (χ0n) is 8.63. The highest BCUT2D eigenvalue weighted by Gasteiger charge is 2.35. The van der Waals surface area contributed by atoms with E-state index < -0.39 is 0 Å². The number of aryl methyl sites for hydroxylation is 1. The molecule has 2 heteroatoms. The third kappa shape index (κ3) is 1.52. The van der Waals surface area contributed by atoms with Gasteiger partial charge in [-0.05, 0) is 12.5 Å². The maximum absolute atomic E-state index is 11.2. The van der Waals surface area contributed by atoms with Gasteiger partial charge in [0.25, 0.3) is 0 Å². The van der Waals surface area contributed by atoms with E-state index in [1.807, 2.05) is 0 Å². The van der Waals surface area contributed by atoms with Gasteiger partial charge in [0.2, 0.25) is 5.91 Å². The van der Waals surface area contributed by atoms with Gasteiger partial charge >= 0.3 is 0 Å². The van der Waals surface area contributed by atoms with Crippen LogP contribution in [0, 0.1) is 6.92 Å². The van der Waals surface area contributed by atoms with Gasteiger partial charge < -0.3 is 5.32 Å². The maximum atomic E-state index is 11.2. The van der Waals surface area contributed by atoms with Gasteiger partial charge in [0.05, 0.1) is 0 Å². The first-order chi connectivity index (χ1) is 6.60. The van der Waals surface area contributed by atoms with Crippen LogP contribution in [0.1, 0.15) is 24.5 Å². The van der Waals surface area contributed by atoms with E-state index in [1.165, 1.54) is 11.1 Å². The predicted octanol–water partition coefficient (Wildman–Crippen LogP) is 1.77. The van der Waals surface area contributed by atoms with Gasteiger partial charge in [-0.3, -0.25) is 4.79 Å². The van der Waals surface area contributed by atoms with Crippen LogP contribution in [0.3, 0.4) is 0 Å². The van der Waals surface area contributed by atoms with Crippen LogP contribution in [0.2, 0.25) is 0 Å². The van der Waals surface area contributed by atoms with Crippen molar-refractivity contribution in [2.24, 2.45) is 0 Å². The van der Waals surface area contributed by atoms with Gasteiger partial charge in [-0.15, -0.1) is 0 Å². The minimum atomic E-state index is -0.0108. The van der Waals surface area contributed by atoms with Gasteiger partial charge in [-0.25, -0.2) is 0 Å². The Hall–Kier alpha value is -1.31. The van der Waals surface area contributed by atoms with Gasteiger partial charge in [0.15, 0.2) is 0 Å². The van der Waals surface area contributed by atoms with Gasteiger partial charge in [-0.2, -0.15) is 0 Å². The van der Waals surface area contributed by atoms with E-state index in [0.717, 1.165) is 6.54 Å². The third-order valence-electron chi connectivity index (χ3n) is 2.94. The van der Waals surface area contributed by atoms with Crippen molar-refractivity contribution in [1.29, 1.82) is 0 Å². The molecule has 1 atom stereocenters. The molecule has 0 spiro atoms.